The van der Waals surface area contributed by atoms with Crippen LogP contribution in [0.25, 0.3) is 0 Å². The molecule has 3 heterocycles. The number of amides is 1. The van der Waals surface area contributed by atoms with E-state index in [0.29, 0.717) is 12.5 Å². The number of rotatable bonds is 3. The summed E-state index contributed by atoms with van der Waals surface area (Å²) in [5.74, 6) is 0.534. The SMILES string of the molecule is CC1=NN(CC(=O)N2CCC3(CCNCC3CO)CC2)CC1.Cl. The standard InChI is InChI=1S/C16H28N4O2.ClH/c1-13-2-7-20(18-13)11-15(22)19-8-4-16(5-9-19)3-6-17-10-14(16)12-21;/h14,17,21H,2-12H2,1H3;1H. The normalized spacial score (nSPS) is 26.9. The van der Waals surface area contributed by atoms with E-state index in [-0.39, 0.29) is 30.3 Å². The summed E-state index contributed by atoms with van der Waals surface area (Å²) in [6, 6.07) is 0. The summed E-state index contributed by atoms with van der Waals surface area (Å²) in [5, 5.41) is 19.3. The highest BCUT2D eigenvalue weighted by Gasteiger charge is 2.43. The number of nitrogens with zero attached hydrogens (tertiary/aromatic N) is 3. The summed E-state index contributed by atoms with van der Waals surface area (Å²) in [5.41, 5.74) is 1.35. The summed E-state index contributed by atoms with van der Waals surface area (Å²) < 4.78 is 0. The Hall–Kier alpha value is -0.850. The number of aliphatic hydroxyl groups is 1. The molecular weight excluding hydrogens is 316 g/mol. The van der Waals surface area contributed by atoms with Crippen LogP contribution >= 0.6 is 12.4 Å². The summed E-state index contributed by atoms with van der Waals surface area (Å²) in [6.07, 6.45) is 4.14. The monoisotopic (exact) mass is 344 g/mol. The lowest BCUT2D eigenvalue weighted by atomic mass is 9.65. The van der Waals surface area contributed by atoms with Crippen molar-refractivity contribution in [1.29, 1.82) is 0 Å². The largest absolute Gasteiger partial charge is 0.396 e. The maximum Gasteiger partial charge on any atom is 0.243 e. The molecule has 3 rings (SSSR count). The number of hydrogen-bond donors (Lipinski definition) is 2. The van der Waals surface area contributed by atoms with Crippen molar-refractivity contribution in [2.24, 2.45) is 16.4 Å². The van der Waals surface area contributed by atoms with E-state index in [1.54, 1.807) is 0 Å². The summed E-state index contributed by atoms with van der Waals surface area (Å²) in [6.45, 7) is 7.14. The molecule has 1 spiro atoms. The quantitative estimate of drug-likeness (QED) is 0.791. The predicted octanol–water partition coefficient (Wildman–Crippen LogP) is 0.700. The molecule has 1 atom stereocenters. The molecule has 23 heavy (non-hydrogen) atoms. The number of piperidine rings is 2. The van der Waals surface area contributed by atoms with Gasteiger partial charge in [-0.25, -0.2) is 0 Å². The van der Waals surface area contributed by atoms with Gasteiger partial charge in [0.2, 0.25) is 5.91 Å². The van der Waals surface area contributed by atoms with E-state index < -0.39 is 0 Å². The lowest BCUT2D eigenvalue weighted by Gasteiger charge is -2.49. The fourth-order valence-electron chi connectivity index (χ4n) is 4.15. The summed E-state index contributed by atoms with van der Waals surface area (Å²) in [4.78, 5) is 14.4. The Bertz CT molecular complexity index is 449. The molecule has 2 fully saturated rings. The van der Waals surface area contributed by atoms with Gasteiger partial charge in [0.25, 0.3) is 0 Å². The number of halogens is 1. The van der Waals surface area contributed by atoms with Crippen molar-refractivity contribution in [2.45, 2.75) is 32.6 Å². The maximum absolute atomic E-state index is 12.4. The minimum absolute atomic E-state index is 0. The van der Waals surface area contributed by atoms with Crippen molar-refractivity contribution in [3.8, 4) is 0 Å². The van der Waals surface area contributed by atoms with Gasteiger partial charge in [-0.3, -0.25) is 9.80 Å². The smallest absolute Gasteiger partial charge is 0.243 e. The molecular formula is C16H29ClN4O2. The lowest BCUT2D eigenvalue weighted by molar-refractivity contribution is -0.136. The van der Waals surface area contributed by atoms with Crippen LogP contribution in [0.2, 0.25) is 0 Å². The molecule has 0 radical (unpaired) electrons. The van der Waals surface area contributed by atoms with Crippen LogP contribution in [0.15, 0.2) is 5.10 Å². The zero-order chi connectivity index (χ0) is 15.6. The van der Waals surface area contributed by atoms with E-state index in [1.807, 2.05) is 16.8 Å². The molecule has 0 aromatic rings. The van der Waals surface area contributed by atoms with Crippen molar-refractivity contribution in [3.05, 3.63) is 0 Å². The van der Waals surface area contributed by atoms with Gasteiger partial charge in [0.1, 0.15) is 6.54 Å². The Kier molecular flexibility index (Phi) is 6.28. The number of hydrazone groups is 1. The van der Waals surface area contributed by atoms with Crippen molar-refractivity contribution in [3.63, 3.8) is 0 Å². The molecule has 6 nitrogen and oxygen atoms in total. The van der Waals surface area contributed by atoms with Crippen LogP contribution in [-0.4, -0.2) is 72.5 Å². The number of carbonyl (C=O) groups is 1. The number of carbonyl (C=O) groups excluding carboxylic acids is 1. The Labute approximate surface area is 144 Å². The fraction of sp³-hybridized carbons (Fsp3) is 0.875. The van der Waals surface area contributed by atoms with Gasteiger partial charge in [-0.2, -0.15) is 5.10 Å². The third kappa shape index (κ3) is 3.98. The first kappa shape index (κ1) is 18.5. The zero-order valence-corrected chi connectivity index (χ0v) is 14.8. The van der Waals surface area contributed by atoms with Gasteiger partial charge < -0.3 is 15.3 Å². The van der Waals surface area contributed by atoms with Crippen LogP contribution in [-0.2, 0) is 4.79 Å². The third-order valence-electron chi connectivity index (χ3n) is 5.75. The minimum Gasteiger partial charge on any atom is -0.396 e. The molecule has 2 N–H and O–H groups in total. The Balaban J connectivity index is 0.00000192. The molecule has 0 aliphatic carbocycles. The van der Waals surface area contributed by atoms with E-state index in [9.17, 15) is 9.90 Å². The highest BCUT2D eigenvalue weighted by Crippen LogP contribution is 2.43. The van der Waals surface area contributed by atoms with E-state index in [0.717, 1.165) is 64.1 Å². The number of hydrogen-bond acceptors (Lipinski definition) is 5. The van der Waals surface area contributed by atoms with Gasteiger partial charge in [-0.05, 0) is 38.1 Å². The van der Waals surface area contributed by atoms with E-state index in [2.05, 4.69) is 10.4 Å². The zero-order valence-electron chi connectivity index (χ0n) is 14.0. The van der Waals surface area contributed by atoms with Gasteiger partial charge in [0.15, 0.2) is 0 Å². The predicted molar refractivity (Wildman–Crippen MR) is 92.9 cm³/mol. The molecule has 132 valence electrons. The van der Waals surface area contributed by atoms with Crippen LogP contribution in [0.1, 0.15) is 32.6 Å². The molecule has 3 aliphatic heterocycles. The molecule has 7 heteroatoms. The molecule has 3 aliphatic rings. The summed E-state index contributed by atoms with van der Waals surface area (Å²) >= 11 is 0. The van der Waals surface area contributed by atoms with Crippen molar-refractivity contribution >= 4 is 24.0 Å². The second kappa shape index (κ2) is 7.81. The average Bonchev–Trinajstić information content (AvgIpc) is 2.93. The molecule has 0 aromatic carbocycles. The Morgan fingerprint density at radius 2 is 2.09 bits per heavy atom. The van der Waals surface area contributed by atoms with Crippen LogP contribution < -0.4 is 5.32 Å². The number of aliphatic hydroxyl groups excluding tert-OH is 1. The van der Waals surface area contributed by atoms with Crippen LogP contribution in [0.4, 0.5) is 0 Å². The molecule has 0 bridgehead atoms. The van der Waals surface area contributed by atoms with Gasteiger partial charge >= 0.3 is 0 Å². The van der Waals surface area contributed by atoms with Gasteiger partial charge in [-0.15, -0.1) is 12.4 Å². The molecule has 1 unspecified atom stereocenters. The minimum atomic E-state index is 0. The van der Waals surface area contributed by atoms with Crippen LogP contribution in [0.3, 0.4) is 0 Å². The first-order valence-electron chi connectivity index (χ1n) is 8.51. The third-order valence-corrected chi connectivity index (χ3v) is 5.75. The van der Waals surface area contributed by atoms with E-state index in [1.165, 1.54) is 0 Å². The first-order valence-corrected chi connectivity index (χ1v) is 8.51. The molecule has 1 amide bonds. The Morgan fingerprint density at radius 3 is 2.70 bits per heavy atom. The maximum atomic E-state index is 12.4. The van der Waals surface area contributed by atoms with Crippen LogP contribution in [0, 0.1) is 11.3 Å². The highest BCUT2D eigenvalue weighted by atomic mass is 35.5. The van der Waals surface area contributed by atoms with Gasteiger partial charge in [-0.1, -0.05) is 0 Å². The van der Waals surface area contributed by atoms with Crippen molar-refractivity contribution < 1.29 is 9.90 Å². The fourth-order valence-corrected chi connectivity index (χ4v) is 4.15. The second-order valence-electron chi connectivity index (χ2n) is 7.05. The molecule has 2 saturated heterocycles. The first-order chi connectivity index (χ1) is 10.6. The molecule has 0 saturated carbocycles. The average molecular weight is 345 g/mol. The topological polar surface area (TPSA) is 68.2 Å². The second-order valence-corrected chi connectivity index (χ2v) is 7.05. The number of nitrogens with one attached hydrogen (secondary N) is 1. The van der Waals surface area contributed by atoms with Crippen LogP contribution in [0.5, 0.6) is 0 Å². The summed E-state index contributed by atoms with van der Waals surface area (Å²) in [7, 11) is 0. The van der Waals surface area contributed by atoms with E-state index >= 15 is 0 Å². The Morgan fingerprint density at radius 1 is 1.35 bits per heavy atom. The van der Waals surface area contributed by atoms with Gasteiger partial charge in [0.05, 0.1) is 0 Å². The molecule has 0 aromatic heterocycles. The van der Waals surface area contributed by atoms with Gasteiger partial charge in [0, 0.05) is 50.8 Å². The highest BCUT2D eigenvalue weighted by molar-refractivity contribution is 5.85. The van der Waals surface area contributed by atoms with Crippen molar-refractivity contribution in [1.82, 2.24) is 15.2 Å². The number of likely N-dealkylation sites (tertiary alicyclic amines) is 1. The lowest BCUT2D eigenvalue weighted by Crippen LogP contribution is -2.54. The van der Waals surface area contributed by atoms with E-state index in [4.69, 9.17) is 0 Å². The van der Waals surface area contributed by atoms with Crippen molar-refractivity contribution in [2.75, 3.05) is 45.9 Å².